The average molecular weight is 227 g/mol. The molecule has 0 aliphatic heterocycles. The average Bonchev–Trinajstić information content (AvgIpc) is 2.01. The highest BCUT2D eigenvalue weighted by Gasteiger charge is 2.03. The predicted molar refractivity (Wildman–Crippen MR) is 58.1 cm³/mol. The lowest BCUT2D eigenvalue weighted by atomic mass is 9.99. The van der Waals surface area contributed by atoms with Gasteiger partial charge in [-0.15, -0.1) is 0 Å². The zero-order chi connectivity index (χ0) is 9.14. The van der Waals surface area contributed by atoms with Gasteiger partial charge < -0.3 is 0 Å². The Morgan fingerprint density at radius 2 is 1.67 bits per heavy atom. The normalized spacial score (nSPS) is 13.0. The Balaban J connectivity index is 3.00. The Morgan fingerprint density at radius 1 is 1.17 bits per heavy atom. The first-order valence-electron chi connectivity index (χ1n) is 4.27. The molecule has 0 aliphatic carbocycles. The molecule has 0 aliphatic rings. The lowest BCUT2D eigenvalue weighted by Crippen LogP contribution is -1.95. The van der Waals surface area contributed by atoms with E-state index in [0.29, 0.717) is 5.92 Å². The first-order chi connectivity index (χ1) is 5.63. The highest BCUT2D eigenvalue weighted by molar-refractivity contribution is 9.09. The number of rotatable bonds is 2. The van der Waals surface area contributed by atoms with E-state index >= 15 is 0 Å². The van der Waals surface area contributed by atoms with E-state index in [1.807, 2.05) is 0 Å². The fourth-order valence-electron chi connectivity index (χ4n) is 1.38. The summed E-state index contributed by atoms with van der Waals surface area (Å²) in [5, 5.41) is 1.04. The Kier molecular flexibility index (Phi) is 3.33. The van der Waals surface area contributed by atoms with E-state index in [-0.39, 0.29) is 0 Å². The van der Waals surface area contributed by atoms with Crippen LogP contribution in [0.4, 0.5) is 0 Å². The molecule has 0 fully saturated rings. The number of hydrogen-bond acceptors (Lipinski definition) is 0. The van der Waals surface area contributed by atoms with Crippen molar-refractivity contribution in [1.29, 1.82) is 0 Å². The highest BCUT2D eigenvalue weighted by Crippen LogP contribution is 2.19. The quantitative estimate of drug-likeness (QED) is 0.674. The second kappa shape index (κ2) is 4.08. The van der Waals surface area contributed by atoms with Crippen molar-refractivity contribution in [2.75, 3.05) is 5.33 Å². The highest BCUT2D eigenvalue weighted by atomic mass is 79.9. The molecule has 1 aromatic carbocycles. The van der Waals surface area contributed by atoms with Crippen molar-refractivity contribution < 1.29 is 0 Å². The third-order valence-electron chi connectivity index (χ3n) is 2.04. The molecular formula is C11H15Br. The molecule has 0 heterocycles. The van der Waals surface area contributed by atoms with Crippen LogP contribution < -0.4 is 0 Å². The number of aryl methyl sites for hydroxylation is 2. The molecule has 1 heteroatoms. The van der Waals surface area contributed by atoms with Gasteiger partial charge in [-0.25, -0.2) is 0 Å². The Hall–Kier alpha value is -0.300. The van der Waals surface area contributed by atoms with E-state index in [2.05, 4.69) is 54.9 Å². The van der Waals surface area contributed by atoms with E-state index < -0.39 is 0 Å². The SMILES string of the molecule is Cc1cc(C)cc(C(C)CBr)c1. The predicted octanol–water partition coefficient (Wildman–Crippen LogP) is 3.80. The van der Waals surface area contributed by atoms with Gasteiger partial charge in [-0.2, -0.15) is 0 Å². The van der Waals surface area contributed by atoms with Gasteiger partial charge in [0.15, 0.2) is 0 Å². The minimum Gasteiger partial charge on any atom is -0.0922 e. The summed E-state index contributed by atoms with van der Waals surface area (Å²) in [7, 11) is 0. The van der Waals surface area contributed by atoms with E-state index in [1.165, 1.54) is 16.7 Å². The largest absolute Gasteiger partial charge is 0.0922 e. The summed E-state index contributed by atoms with van der Waals surface area (Å²) in [4.78, 5) is 0. The Labute approximate surface area is 83.1 Å². The van der Waals surface area contributed by atoms with Crippen LogP contribution in [-0.2, 0) is 0 Å². The second-order valence-corrected chi connectivity index (χ2v) is 4.12. The van der Waals surface area contributed by atoms with Crippen molar-refractivity contribution in [3.63, 3.8) is 0 Å². The number of alkyl halides is 1. The van der Waals surface area contributed by atoms with Gasteiger partial charge in [-0.1, -0.05) is 52.2 Å². The third kappa shape index (κ3) is 2.34. The van der Waals surface area contributed by atoms with Crippen LogP contribution in [0.3, 0.4) is 0 Å². The minimum atomic E-state index is 0.614. The van der Waals surface area contributed by atoms with Gasteiger partial charge in [0.05, 0.1) is 0 Å². The molecule has 66 valence electrons. The standard InChI is InChI=1S/C11H15Br/c1-8-4-9(2)6-11(5-8)10(3)7-12/h4-6,10H,7H2,1-3H3. The summed E-state index contributed by atoms with van der Waals surface area (Å²) in [6.45, 7) is 6.54. The van der Waals surface area contributed by atoms with Gasteiger partial charge in [0, 0.05) is 5.33 Å². The first kappa shape index (κ1) is 9.79. The van der Waals surface area contributed by atoms with E-state index in [4.69, 9.17) is 0 Å². The molecule has 0 saturated heterocycles. The van der Waals surface area contributed by atoms with Gasteiger partial charge >= 0.3 is 0 Å². The van der Waals surface area contributed by atoms with Crippen molar-refractivity contribution in [2.45, 2.75) is 26.7 Å². The molecule has 12 heavy (non-hydrogen) atoms. The molecule has 0 spiro atoms. The topological polar surface area (TPSA) is 0 Å². The third-order valence-corrected chi connectivity index (χ3v) is 3.02. The molecule has 1 atom stereocenters. The van der Waals surface area contributed by atoms with E-state index in [1.54, 1.807) is 0 Å². The van der Waals surface area contributed by atoms with E-state index in [9.17, 15) is 0 Å². The van der Waals surface area contributed by atoms with Crippen LogP contribution in [0.2, 0.25) is 0 Å². The Bertz CT molecular complexity index is 245. The maximum Gasteiger partial charge on any atom is 0.00975 e. The van der Waals surface area contributed by atoms with Crippen LogP contribution in [0.25, 0.3) is 0 Å². The minimum absolute atomic E-state index is 0.614. The van der Waals surface area contributed by atoms with Gasteiger partial charge in [-0.05, 0) is 25.3 Å². The second-order valence-electron chi connectivity index (χ2n) is 3.48. The maximum atomic E-state index is 3.50. The van der Waals surface area contributed by atoms with Crippen LogP contribution in [0.15, 0.2) is 18.2 Å². The van der Waals surface area contributed by atoms with Crippen LogP contribution in [0.1, 0.15) is 29.5 Å². The lowest BCUT2D eigenvalue weighted by Gasteiger charge is -2.09. The number of hydrogen-bond donors (Lipinski definition) is 0. The fourth-order valence-corrected chi connectivity index (χ4v) is 1.76. The summed E-state index contributed by atoms with van der Waals surface area (Å²) in [5.74, 6) is 0.614. The molecule has 0 nitrogen and oxygen atoms in total. The molecule has 0 radical (unpaired) electrons. The molecule has 1 aromatic rings. The molecule has 1 unspecified atom stereocenters. The van der Waals surface area contributed by atoms with Crippen molar-refractivity contribution >= 4 is 15.9 Å². The molecule has 1 rings (SSSR count). The first-order valence-corrected chi connectivity index (χ1v) is 5.40. The van der Waals surface area contributed by atoms with Gasteiger partial charge in [0.2, 0.25) is 0 Å². The monoisotopic (exact) mass is 226 g/mol. The van der Waals surface area contributed by atoms with Crippen molar-refractivity contribution in [2.24, 2.45) is 0 Å². The molecule has 0 aromatic heterocycles. The van der Waals surface area contributed by atoms with Gasteiger partial charge in [-0.3, -0.25) is 0 Å². The lowest BCUT2D eigenvalue weighted by molar-refractivity contribution is 0.884. The summed E-state index contributed by atoms with van der Waals surface area (Å²) in [6.07, 6.45) is 0. The van der Waals surface area contributed by atoms with Crippen LogP contribution in [-0.4, -0.2) is 5.33 Å². The number of benzene rings is 1. The molecular weight excluding hydrogens is 212 g/mol. The summed E-state index contributed by atoms with van der Waals surface area (Å²) >= 11 is 3.50. The summed E-state index contributed by atoms with van der Waals surface area (Å²) in [5.41, 5.74) is 4.15. The van der Waals surface area contributed by atoms with Crippen molar-refractivity contribution in [3.8, 4) is 0 Å². The molecule has 0 amide bonds. The maximum absolute atomic E-state index is 3.50. The number of halogens is 1. The zero-order valence-corrected chi connectivity index (χ0v) is 9.48. The van der Waals surface area contributed by atoms with Gasteiger partial charge in [0.1, 0.15) is 0 Å². The van der Waals surface area contributed by atoms with Crippen molar-refractivity contribution in [3.05, 3.63) is 34.9 Å². The van der Waals surface area contributed by atoms with Crippen LogP contribution in [0.5, 0.6) is 0 Å². The van der Waals surface area contributed by atoms with E-state index in [0.717, 1.165) is 5.33 Å². The fraction of sp³-hybridized carbons (Fsp3) is 0.455. The van der Waals surface area contributed by atoms with Crippen LogP contribution >= 0.6 is 15.9 Å². The zero-order valence-electron chi connectivity index (χ0n) is 7.89. The molecule has 0 saturated carbocycles. The Morgan fingerprint density at radius 3 is 2.08 bits per heavy atom. The van der Waals surface area contributed by atoms with Gasteiger partial charge in [0.25, 0.3) is 0 Å². The molecule has 0 bridgehead atoms. The summed E-state index contributed by atoms with van der Waals surface area (Å²) in [6, 6.07) is 6.74. The molecule has 0 N–H and O–H groups in total. The van der Waals surface area contributed by atoms with Crippen molar-refractivity contribution in [1.82, 2.24) is 0 Å². The summed E-state index contributed by atoms with van der Waals surface area (Å²) < 4.78 is 0. The van der Waals surface area contributed by atoms with Crippen LogP contribution in [0, 0.1) is 13.8 Å². The smallest absolute Gasteiger partial charge is 0.00975 e.